The fourth-order valence-corrected chi connectivity index (χ4v) is 3.51. The Kier molecular flexibility index (Phi) is 5.39. The van der Waals surface area contributed by atoms with Crippen LogP contribution in [0.15, 0.2) is 64.7 Å². The lowest BCUT2D eigenvalue weighted by Gasteiger charge is -2.08. The summed E-state index contributed by atoms with van der Waals surface area (Å²) in [4.78, 5) is 30.4. The van der Waals surface area contributed by atoms with Crippen LogP contribution in [0.2, 0.25) is 0 Å². The predicted octanol–water partition coefficient (Wildman–Crippen LogP) is 4.68. The second-order valence-corrected chi connectivity index (χ2v) is 7.47. The van der Waals surface area contributed by atoms with Crippen LogP contribution in [0, 0.1) is 0 Å². The first kappa shape index (κ1) is 20.2. The molecule has 33 heavy (non-hydrogen) atoms. The topological polar surface area (TPSA) is 147 Å². The Morgan fingerprint density at radius 2 is 1.94 bits per heavy atom. The van der Waals surface area contributed by atoms with Gasteiger partial charge in [-0.05, 0) is 42.5 Å². The smallest absolute Gasteiger partial charge is 0.325 e. The Morgan fingerprint density at radius 3 is 2.73 bits per heavy atom. The standard InChI is InChI=1S/C21H15N7O4S/c29-10-22-19-15(7-8-31-19)18-25-16-6-5-14(9-17(16)26-18)32-13-3-1-12(2-4-13)24-20(30)27-21-28-23-11-33-21/h1-11H,(H,22,29)(H,25,26)(H2,24,27,28,30). The van der Waals surface area contributed by atoms with Gasteiger partial charge < -0.3 is 19.5 Å². The second kappa shape index (κ2) is 8.80. The van der Waals surface area contributed by atoms with Crippen LogP contribution in [0.5, 0.6) is 11.5 Å². The van der Waals surface area contributed by atoms with Gasteiger partial charge in [0.25, 0.3) is 0 Å². The number of H-pyrrole nitrogens is 1. The number of nitrogens with one attached hydrogen (secondary N) is 4. The normalized spacial score (nSPS) is 10.7. The van der Waals surface area contributed by atoms with Crippen LogP contribution in [-0.4, -0.2) is 32.6 Å². The van der Waals surface area contributed by atoms with Gasteiger partial charge in [0.2, 0.25) is 17.4 Å². The highest BCUT2D eigenvalue weighted by Gasteiger charge is 2.13. The number of amides is 3. The lowest BCUT2D eigenvalue weighted by molar-refractivity contribution is -0.105. The average molecular weight is 461 g/mol. The summed E-state index contributed by atoms with van der Waals surface area (Å²) in [6.07, 6.45) is 2.02. The van der Waals surface area contributed by atoms with E-state index in [1.54, 1.807) is 36.4 Å². The molecule has 5 aromatic rings. The van der Waals surface area contributed by atoms with Crippen molar-refractivity contribution in [1.29, 1.82) is 0 Å². The van der Waals surface area contributed by atoms with Crippen LogP contribution in [0.3, 0.4) is 0 Å². The van der Waals surface area contributed by atoms with E-state index in [0.717, 1.165) is 11.0 Å². The number of anilines is 3. The van der Waals surface area contributed by atoms with Crippen molar-refractivity contribution in [2.24, 2.45) is 0 Å². The van der Waals surface area contributed by atoms with Gasteiger partial charge in [0.1, 0.15) is 22.8 Å². The summed E-state index contributed by atoms with van der Waals surface area (Å²) < 4.78 is 11.2. The molecule has 0 unspecified atom stereocenters. The summed E-state index contributed by atoms with van der Waals surface area (Å²) in [5, 5.41) is 15.6. The highest BCUT2D eigenvalue weighted by molar-refractivity contribution is 7.13. The first-order valence-electron chi connectivity index (χ1n) is 9.58. The number of aromatic nitrogens is 4. The van der Waals surface area contributed by atoms with E-state index in [0.29, 0.717) is 46.0 Å². The molecule has 4 N–H and O–H groups in total. The van der Waals surface area contributed by atoms with Crippen molar-refractivity contribution in [2.45, 2.75) is 0 Å². The summed E-state index contributed by atoms with van der Waals surface area (Å²) in [7, 11) is 0. The molecule has 5 rings (SSSR count). The number of aromatic amines is 1. The minimum Gasteiger partial charge on any atom is -0.457 e. The number of hydrogen-bond acceptors (Lipinski definition) is 8. The molecule has 12 heteroatoms. The number of rotatable bonds is 7. The summed E-state index contributed by atoms with van der Waals surface area (Å²) >= 11 is 1.23. The SMILES string of the molecule is O=CNc1occc1-c1nc2ccc(Oc3ccc(NC(=O)Nc4nncs4)cc3)cc2[nH]1. The quantitative estimate of drug-likeness (QED) is 0.257. The molecule has 0 radical (unpaired) electrons. The van der Waals surface area contributed by atoms with Gasteiger partial charge in [-0.25, -0.2) is 9.78 Å². The number of imidazole rings is 1. The van der Waals surface area contributed by atoms with E-state index < -0.39 is 6.03 Å². The lowest BCUT2D eigenvalue weighted by Crippen LogP contribution is -2.19. The van der Waals surface area contributed by atoms with Gasteiger partial charge in [-0.1, -0.05) is 11.3 Å². The van der Waals surface area contributed by atoms with E-state index in [9.17, 15) is 9.59 Å². The summed E-state index contributed by atoms with van der Waals surface area (Å²) in [6.45, 7) is 0. The first-order valence-corrected chi connectivity index (χ1v) is 10.5. The molecule has 0 saturated heterocycles. The van der Waals surface area contributed by atoms with Crippen molar-refractivity contribution < 1.29 is 18.7 Å². The number of urea groups is 1. The third-order valence-electron chi connectivity index (χ3n) is 4.49. The predicted molar refractivity (Wildman–Crippen MR) is 123 cm³/mol. The maximum absolute atomic E-state index is 12.0. The number of fused-ring (bicyclic) bond motifs is 1. The van der Waals surface area contributed by atoms with Gasteiger partial charge >= 0.3 is 6.03 Å². The first-order chi connectivity index (χ1) is 16.2. The molecular weight excluding hydrogens is 446 g/mol. The molecule has 0 atom stereocenters. The number of carbonyl (C=O) groups excluding carboxylic acids is 2. The molecule has 0 aliphatic heterocycles. The van der Waals surface area contributed by atoms with Crippen molar-refractivity contribution in [2.75, 3.05) is 16.0 Å². The van der Waals surface area contributed by atoms with E-state index in [2.05, 4.69) is 36.1 Å². The van der Waals surface area contributed by atoms with E-state index in [-0.39, 0.29) is 0 Å². The van der Waals surface area contributed by atoms with Gasteiger partial charge in [0, 0.05) is 11.8 Å². The molecule has 0 saturated carbocycles. The highest BCUT2D eigenvalue weighted by Crippen LogP contribution is 2.31. The van der Waals surface area contributed by atoms with Crippen molar-refractivity contribution in [3.8, 4) is 22.9 Å². The molecule has 0 fully saturated rings. The van der Waals surface area contributed by atoms with Crippen molar-refractivity contribution in [3.05, 3.63) is 60.3 Å². The van der Waals surface area contributed by atoms with Crippen LogP contribution in [0.1, 0.15) is 0 Å². The molecule has 0 aliphatic rings. The second-order valence-electron chi connectivity index (χ2n) is 6.64. The zero-order chi connectivity index (χ0) is 22.6. The number of benzene rings is 2. The molecule has 0 bridgehead atoms. The number of furan rings is 1. The van der Waals surface area contributed by atoms with E-state index in [1.165, 1.54) is 23.1 Å². The number of hydrogen-bond donors (Lipinski definition) is 4. The van der Waals surface area contributed by atoms with Gasteiger partial charge in [-0.2, -0.15) is 0 Å². The van der Waals surface area contributed by atoms with Crippen LogP contribution in [0.4, 0.5) is 21.5 Å². The minimum absolute atomic E-state index is 0.311. The number of ether oxygens (including phenoxy) is 1. The Morgan fingerprint density at radius 1 is 1.09 bits per heavy atom. The molecule has 3 aromatic heterocycles. The number of nitrogens with zero attached hydrogens (tertiary/aromatic N) is 3. The van der Waals surface area contributed by atoms with Crippen LogP contribution in [-0.2, 0) is 4.79 Å². The Balaban J connectivity index is 1.27. The summed E-state index contributed by atoms with van der Waals surface area (Å²) in [5.74, 6) is 2.07. The average Bonchev–Trinajstić information content (AvgIpc) is 3.56. The van der Waals surface area contributed by atoms with E-state index in [1.807, 2.05) is 12.1 Å². The molecule has 0 spiro atoms. The maximum atomic E-state index is 12.0. The fourth-order valence-electron chi connectivity index (χ4n) is 3.07. The van der Waals surface area contributed by atoms with Gasteiger partial charge in [-0.15, -0.1) is 10.2 Å². The zero-order valence-electron chi connectivity index (χ0n) is 16.7. The Hall–Kier alpha value is -4.71. The van der Waals surface area contributed by atoms with Crippen molar-refractivity contribution >= 4 is 51.5 Å². The molecule has 3 amide bonds. The van der Waals surface area contributed by atoms with Crippen LogP contribution >= 0.6 is 11.3 Å². The summed E-state index contributed by atoms with van der Waals surface area (Å²) in [5.41, 5.74) is 4.25. The van der Waals surface area contributed by atoms with Crippen LogP contribution in [0.25, 0.3) is 22.4 Å². The van der Waals surface area contributed by atoms with E-state index >= 15 is 0 Å². The third kappa shape index (κ3) is 4.50. The molecular formula is C21H15N7O4S. The molecule has 2 aromatic carbocycles. The van der Waals surface area contributed by atoms with Crippen LogP contribution < -0.4 is 20.7 Å². The molecule has 164 valence electrons. The van der Waals surface area contributed by atoms with Crippen molar-refractivity contribution in [1.82, 2.24) is 20.2 Å². The Bertz CT molecular complexity index is 1410. The lowest BCUT2D eigenvalue weighted by atomic mass is 10.3. The molecule has 11 nitrogen and oxygen atoms in total. The summed E-state index contributed by atoms with van der Waals surface area (Å²) in [6, 6.07) is 13.7. The monoisotopic (exact) mass is 461 g/mol. The number of carbonyl (C=O) groups is 2. The molecule has 0 aliphatic carbocycles. The van der Waals surface area contributed by atoms with E-state index in [4.69, 9.17) is 9.15 Å². The van der Waals surface area contributed by atoms with Gasteiger partial charge in [-0.3, -0.25) is 15.4 Å². The highest BCUT2D eigenvalue weighted by atomic mass is 32.1. The third-order valence-corrected chi connectivity index (χ3v) is 5.10. The fraction of sp³-hybridized carbons (Fsp3) is 0. The van der Waals surface area contributed by atoms with Crippen molar-refractivity contribution in [3.63, 3.8) is 0 Å². The largest absolute Gasteiger partial charge is 0.457 e. The maximum Gasteiger partial charge on any atom is 0.325 e. The zero-order valence-corrected chi connectivity index (χ0v) is 17.6. The minimum atomic E-state index is -0.412. The van der Waals surface area contributed by atoms with Gasteiger partial charge in [0.15, 0.2) is 0 Å². The molecule has 3 heterocycles. The van der Waals surface area contributed by atoms with Gasteiger partial charge in [0.05, 0.1) is 22.9 Å². The Labute approximate surface area is 189 Å².